The first kappa shape index (κ1) is 52.7. The van der Waals surface area contributed by atoms with Crippen LogP contribution in [0.1, 0.15) is 134 Å². The number of aromatic hydroxyl groups is 1. The molecule has 0 spiro atoms. The summed E-state index contributed by atoms with van der Waals surface area (Å²) in [7, 11) is 0. The fourth-order valence-corrected chi connectivity index (χ4v) is 12.7. The van der Waals surface area contributed by atoms with Crippen LogP contribution in [0.4, 0.5) is 15.3 Å². The van der Waals surface area contributed by atoms with Gasteiger partial charge in [0.2, 0.25) is 23.6 Å². The highest BCUT2D eigenvalue weighted by Crippen LogP contribution is 2.60. The van der Waals surface area contributed by atoms with E-state index in [2.05, 4.69) is 66.4 Å². The molecule has 16 nitrogen and oxygen atoms in total. The molecule has 10 N–H and O–H groups in total. The molecule has 4 aliphatic rings. The first-order chi connectivity index (χ1) is 33.7. The van der Waals surface area contributed by atoms with Crippen molar-refractivity contribution in [3.8, 4) is 11.5 Å². The van der Waals surface area contributed by atoms with Crippen molar-refractivity contribution in [2.45, 2.75) is 148 Å². The fraction of sp³-hybridized carbons (Fsp3) is 0.564. The van der Waals surface area contributed by atoms with Crippen LogP contribution in [0, 0.1) is 28.6 Å². The minimum atomic E-state index is -0.906. The Morgan fingerprint density at radius 3 is 1.93 bits per heavy atom. The van der Waals surface area contributed by atoms with E-state index < -0.39 is 46.9 Å². The van der Waals surface area contributed by atoms with Gasteiger partial charge in [-0.15, -0.1) is 0 Å². The van der Waals surface area contributed by atoms with Crippen molar-refractivity contribution in [3.05, 3.63) is 88.5 Å². The van der Waals surface area contributed by atoms with Gasteiger partial charge < -0.3 is 47.3 Å². The molecule has 7 rings (SSSR count). The number of carbonyl (C=O) groups is 6. The highest BCUT2D eigenvalue weighted by Gasteiger charge is 2.58. The lowest BCUT2D eigenvalue weighted by molar-refractivity contribution is -0.150. The molecule has 8 atom stereocenters. The van der Waals surface area contributed by atoms with Crippen molar-refractivity contribution in [2.75, 3.05) is 25.0 Å². The molecular weight excluding hydrogens is 903 g/mol. The molecule has 384 valence electrons. The lowest BCUT2D eigenvalue weighted by atomic mass is 9.49. The van der Waals surface area contributed by atoms with Crippen LogP contribution in [0.25, 0.3) is 0 Å². The third-order valence-electron chi connectivity index (χ3n) is 16.8. The molecule has 3 aromatic carbocycles. The first-order valence-electron chi connectivity index (χ1n) is 25.5. The second-order valence-electron chi connectivity index (χ2n) is 21.8. The predicted octanol–water partition coefficient (Wildman–Crippen LogP) is 6.92. The number of rotatable bonds is 17. The molecule has 16 heteroatoms. The Bertz CT molecular complexity index is 2480. The van der Waals surface area contributed by atoms with Crippen molar-refractivity contribution in [1.29, 1.82) is 0 Å². The number of hydrogen-bond acceptors (Lipinski definition) is 10. The van der Waals surface area contributed by atoms with E-state index >= 15 is 0 Å². The molecular formula is C55H75N7O9. The number of fused-ring (bicyclic) bond motifs is 6. The first-order valence-corrected chi connectivity index (χ1v) is 25.5. The minimum Gasteiger partial charge on any atom is -0.508 e. The zero-order chi connectivity index (χ0) is 51.3. The Morgan fingerprint density at radius 1 is 0.746 bits per heavy atom. The predicted molar refractivity (Wildman–Crippen MR) is 270 cm³/mol. The van der Waals surface area contributed by atoms with Gasteiger partial charge in [-0.05, 0) is 157 Å². The number of phenolic OH excluding ortho intramolecular Hbond substituents is 1. The maximum Gasteiger partial charge on any atom is 0.407 e. The average Bonchev–Trinajstić information content (AvgIpc) is 3.33. The Labute approximate surface area is 417 Å². The molecule has 71 heavy (non-hydrogen) atoms. The average molecular weight is 978 g/mol. The van der Waals surface area contributed by atoms with Gasteiger partial charge in [-0.3, -0.25) is 24.5 Å². The van der Waals surface area contributed by atoms with Crippen LogP contribution in [0.3, 0.4) is 0 Å². The van der Waals surface area contributed by atoms with Gasteiger partial charge in [-0.2, -0.15) is 0 Å². The van der Waals surface area contributed by atoms with Crippen molar-refractivity contribution in [1.82, 2.24) is 21.3 Å². The molecule has 0 aliphatic heterocycles. The number of phenols is 1. The zero-order valence-corrected chi connectivity index (χ0v) is 42.3. The normalized spacial score (nSPS) is 26.1. The van der Waals surface area contributed by atoms with E-state index in [4.69, 9.17) is 20.9 Å². The smallest absolute Gasteiger partial charge is 0.407 e. The van der Waals surface area contributed by atoms with Gasteiger partial charge in [-0.25, -0.2) is 9.59 Å². The molecule has 0 bridgehead atoms. The van der Waals surface area contributed by atoms with Crippen molar-refractivity contribution in [2.24, 2.45) is 40.1 Å². The number of aryl methyl sites for hydroxylation is 2. The van der Waals surface area contributed by atoms with Crippen LogP contribution in [0.5, 0.6) is 11.5 Å². The monoisotopic (exact) mass is 978 g/mol. The lowest BCUT2D eigenvalue weighted by Gasteiger charge is -2.56. The van der Waals surface area contributed by atoms with Gasteiger partial charge >= 0.3 is 12.1 Å². The molecule has 2 fully saturated rings. The fourth-order valence-electron chi connectivity index (χ4n) is 12.7. The number of urea groups is 1. The molecule has 0 radical (unpaired) electrons. The van der Waals surface area contributed by atoms with E-state index in [1.165, 1.54) is 16.7 Å². The van der Waals surface area contributed by atoms with Gasteiger partial charge in [0.25, 0.3) is 0 Å². The molecule has 0 saturated heterocycles. The van der Waals surface area contributed by atoms with Crippen LogP contribution in [-0.2, 0) is 54.2 Å². The standard InChI is InChI=1S/C55H75N7O9/c1-33(2)45(56)47(65)61-42(10-7-27-58-50(57)68)46(64)60-37-17-11-34(12-18-37)32-71-51(69)59-28-29-70-39-20-14-36-16-22-44-53(4,41(36)31-39)24-9-26-55(44,6)49(67)62-48(66)54(5)25-8-23-52(3)40-30-38(63)19-13-35(40)15-21-43(52)54/h11-14,17-20,30-31,33,42-45,63H,7-10,15-16,21-29,32,56H2,1-6H3,(H,59,69)(H,60,64)(H,61,65)(H3,57,58,68)(H,62,66,67)/t42-,43+,44+,45-,52+,53+,54-,55-/m0/s1. The third kappa shape index (κ3) is 11.3. The van der Waals surface area contributed by atoms with E-state index in [1.807, 2.05) is 32.0 Å². The van der Waals surface area contributed by atoms with Crippen LogP contribution < -0.4 is 42.8 Å². The van der Waals surface area contributed by atoms with Gasteiger partial charge in [0.05, 0.1) is 23.4 Å². The molecule has 0 aromatic heterocycles. The summed E-state index contributed by atoms with van der Waals surface area (Å²) in [5, 5.41) is 24.2. The summed E-state index contributed by atoms with van der Waals surface area (Å²) < 4.78 is 11.6. The van der Waals surface area contributed by atoms with E-state index in [9.17, 15) is 33.9 Å². The third-order valence-corrected chi connectivity index (χ3v) is 16.8. The summed E-state index contributed by atoms with van der Waals surface area (Å²) in [6.07, 6.45) is 8.33. The second kappa shape index (κ2) is 21.7. The SMILES string of the molecule is CC(C)[C@H](N)C(=O)N[C@@H](CCCNC(N)=O)C(=O)Nc1ccc(COC(=O)NCCOc2ccc3c(c2)[C@@]2(C)CCC[C@](C)(C(=O)NC(=O)[C@@]4(C)CCC[C@]5(C)c6cc(O)ccc6CC[C@@H]45)[C@@H]2CC3)cc1. The summed E-state index contributed by atoms with van der Waals surface area (Å²) in [6.45, 7) is 12.8. The Morgan fingerprint density at radius 2 is 1.34 bits per heavy atom. The van der Waals surface area contributed by atoms with Gasteiger partial charge in [0.15, 0.2) is 0 Å². The summed E-state index contributed by atoms with van der Waals surface area (Å²) in [5.74, 6) is -0.435. The number of amides is 7. The summed E-state index contributed by atoms with van der Waals surface area (Å²) in [6, 6.07) is 16.2. The lowest BCUT2D eigenvalue weighted by Crippen LogP contribution is -2.60. The van der Waals surface area contributed by atoms with E-state index in [0.717, 1.165) is 56.9 Å². The number of nitrogens with one attached hydrogen (secondary N) is 5. The molecule has 2 saturated carbocycles. The van der Waals surface area contributed by atoms with Crippen molar-refractivity contribution in [3.63, 3.8) is 0 Å². The number of nitrogens with two attached hydrogens (primary N) is 2. The van der Waals surface area contributed by atoms with Crippen molar-refractivity contribution < 1.29 is 43.3 Å². The second-order valence-corrected chi connectivity index (χ2v) is 21.8. The molecule has 7 amide bonds. The number of anilines is 1. The topological polar surface area (TPSA) is 253 Å². The quantitative estimate of drug-likeness (QED) is 0.0512. The number of imide groups is 1. The maximum absolute atomic E-state index is 14.6. The van der Waals surface area contributed by atoms with Crippen LogP contribution in [0.15, 0.2) is 60.7 Å². The molecule has 4 aliphatic carbocycles. The number of alkyl carbamates (subject to hydrolysis) is 1. The van der Waals surface area contributed by atoms with Gasteiger partial charge in [-0.1, -0.05) is 78.6 Å². The largest absolute Gasteiger partial charge is 0.508 e. The molecule has 0 unspecified atom stereocenters. The Kier molecular flexibility index (Phi) is 16.1. The van der Waals surface area contributed by atoms with Gasteiger partial charge in [0.1, 0.15) is 30.8 Å². The highest BCUT2D eigenvalue weighted by atomic mass is 16.5. The number of ether oxygens (including phenoxy) is 2. The van der Waals surface area contributed by atoms with E-state index in [1.54, 1.807) is 30.3 Å². The van der Waals surface area contributed by atoms with Crippen LogP contribution >= 0.6 is 0 Å². The minimum absolute atomic E-state index is 0.00935. The number of benzene rings is 3. The van der Waals surface area contributed by atoms with Crippen LogP contribution in [0.2, 0.25) is 0 Å². The molecule has 0 heterocycles. The van der Waals surface area contributed by atoms with Crippen LogP contribution in [-0.4, -0.2) is 72.6 Å². The number of hydrogen-bond donors (Lipinski definition) is 8. The Balaban J connectivity index is 0.894. The summed E-state index contributed by atoms with van der Waals surface area (Å²) in [5.41, 5.74) is 15.0. The number of carbonyl (C=O) groups excluding carboxylic acids is 6. The molecule has 3 aromatic rings. The highest BCUT2D eigenvalue weighted by molar-refractivity contribution is 6.01. The maximum atomic E-state index is 14.6. The van der Waals surface area contributed by atoms with E-state index in [-0.39, 0.29) is 78.9 Å². The van der Waals surface area contributed by atoms with E-state index in [0.29, 0.717) is 36.3 Å². The summed E-state index contributed by atoms with van der Waals surface area (Å²) in [4.78, 5) is 78.8. The zero-order valence-electron chi connectivity index (χ0n) is 42.3. The number of primary amides is 1. The van der Waals surface area contributed by atoms with Crippen molar-refractivity contribution >= 4 is 41.4 Å². The summed E-state index contributed by atoms with van der Waals surface area (Å²) >= 11 is 0. The van der Waals surface area contributed by atoms with Gasteiger partial charge in [0, 0.05) is 12.2 Å². The Hall–Kier alpha value is -6.16.